The minimum Gasteiger partial charge on any atom is -0.329 e. The van der Waals surface area contributed by atoms with Crippen LogP contribution in [0.3, 0.4) is 0 Å². The van der Waals surface area contributed by atoms with Crippen LogP contribution in [0.1, 0.15) is 33.6 Å². The lowest BCUT2D eigenvalue weighted by molar-refractivity contribution is 0.408. The van der Waals surface area contributed by atoms with Crippen molar-refractivity contribution in [3.63, 3.8) is 0 Å². The van der Waals surface area contributed by atoms with E-state index in [4.69, 9.17) is 5.73 Å². The third kappa shape index (κ3) is 4.90. The predicted octanol–water partition coefficient (Wildman–Crippen LogP) is -0.0522. The summed E-state index contributed by atoms with van der Waals surface area (Å²) in [6.07, 6.45) is 1.43. The van der Waals surface area contributed by atoms with Crippen molar-refractivity contribution in [1.29, 1.82) is 0 Å². The van der Waals surface area contributed by atoms with E-state index < -0.39 is 15.7 Å². The van der Waals surface area contributed by atoms with Crippen LogP contribution in [0.4, 0.5) is 0 Å². The summed E-state index contributed by atoms with van der Waals surface area (Å²) in [5, 5.41) is 0. The molecular weight excluding hydrogens is 202 g/mol. The van der Waals surface area contributed by atoms with E-state index in [-0.39, 0.29) is 6.54 Å². The van der Waals surface area contributed by atoms with Crippen LogP contribution in [0.5, 0.6) is 0 Å². The Hall–Kier alpha value is -0.170. The third-order valence-electron chi connectivity index (χ3n) is 2.15. The molecule has 0 aromatic rings. The molecule has 1 atom stereocenters. The molecule has 0 amide bonds. The minimum absolute atomic E-state index is 0.288. The second-order valence-corrected chi connectivity index (χ2v) is 5.12. The van der Waals surface area contributed by atoms with E-state index >= 15 is 0 Å². The summed E-state index contributed by atoms with van der Waals surface area (Å²) in [5.74, 6) is 0. The van der Waals surface area contributed by atoms with Crippen molar-refractivity contribution in [1.82, 2.24) is 9.44 Å². The zero-order chi connectivity index (χ0) is 11.2. The lowest BCUT2D eigenvalue weighted by atomic mass is 10.0. The van der Waals surface area contributed by atoms with Crippen molar-refractivity contribution < 1.29 is 8.42 Å². The van der Waals surface area contributed by atoms with Gasteiger partial charge in [0.1, 0.15) is 0 Å². The number of nitrogens with one attached hydrogen (secondary N) is 2. The molecule has 0 aliphatic carbocycles. The van der Waals surface area contributed by atoms with Gasteiger partial charge in [0.25, 0.3) is 10.2 Å². The van der Waals surface area contributed by atoms with Crippen LogP contribution in [0, 0.1) is 0 Å². The van der Waals surface area contributed by atoms with Gasteiger partial charge in [0.15, 0.2) is 0 Å². The molecule has 0 aromatic carbocycles. The summed E-state index contributed by atoms with van der Waals surface area (Å²) in [7, 11) is -3.41. The van der Waals surface area contributed by atoms with Gasteiger partial charge in [-0.1, -0.05) is 13.8 Å². The quantitative estimate of drug-likeness (QED) is 0.565. The van der Waals surface area contributed by atoms with Gasteiger partial charge >= 0.3 is 0 Å². The fourth-order valence-corrected chi connectivity index (χ4v) is 2.28. The Morgan fingerprint density at radius 1 is 1.36 bits per heavy atom. The zero-order valence-electron chi connectivity index (χ0n) is 9.13. The maximum Gasteiger partial charge on any atom is 0.277 e. The van der Waals surface area contributed by atoms with Gasteiger partial charge in [0, 0.05) is 18.6 Å². The molecule has 6 heteroatoms. The van der Waals surface area contributed by atoms with Crippen molar-refractivity contribution in [2.24, 2.45) is 5.73 Å². The third-order valence-corrected chi connectivity index (χ3v) is 3.50. The molecule has 0 rings (SSSR count). The molecule has 0 saturated carbocycles. The lowest BCUT2D eigenvalue weighted by Crippen LogP contribution is -2.54. The molecule has 0 bridgehead atoms. The summed E-state index contributed by atoms with van der Waals surface area (Å²) in [6.45, 7) is 6.33. The molecule has 0 fully saturated rings. The van der Waals surface area contributed by atoms with Crippen LogP contribution >= 0.6 is 0 Å². The second kappa shape index (κ2) is 5.65. The molecular formula is C8H21N3O2S. The molecule has 0 aliphatic heterocycles. The summed E-state index contributed by atoms with van der Waals surface area (Å²) >= 11 is 0. The maximum absolute atomic E-state index is 11.4. The van der Waals surface area contributed by atoms with Crippen LogP contribution in [-0.2, 0) is 10.2 Å². The smallest absolute Gasteiger partial charge is 0.277 e. The second-order valence-electron chi connectivity index (χ2n) is 3.62. The van der Waals surface area contributed by atoms with Crippen LogP contribution in [0.25, 0.3) is 0 Å². The molecule has 0 radical (unpaired) electrons. The van der Waals surface area contributed by atoms with Crippen molar-refractivity contribution in [3.05, 3.63) is 0 Å². The highest BCUT2D eigenvalue weighted by Crippen LogP contribution is 2.07. The van der Waals surface area contributed by atoms with Crippen molar-refractivity contribution in [2.45, 2.75) is 39.2 Å². The Morgan fingerprint density at radius 2 is 1.93 bits per heavy atom. The summed E-state index contributed by atoms with van der Waals surface area (Å²) in [4.78, 5) is 0. The Labute approximate surface area is 86.6 Å². The fourth-order valence-electron chi connectivity index (χ4n) is 0.855. The largest absolute Gasteiger partial charge is 0.329 e. The summed E-state index contributed by atoms with van der Waals surface area (Å²) in [6, 6.07) is 0. The Bertz CT molecular complexity index is 247. The molecule has 86 valence electrons. The minimum atomic E-state index is -3.41. The van der Waals surface area contributed by atoms with Gasteiger partial charge in [-0.15, -0.1) is 0 Å². The van der Waals surface area contributed by atoms with Crippen molar-refractivity contribution in [2.75, 3.05) is 13.1 Å². The average Bonchev–Trinajstić information content (AvgIpc) is 2.14. The number of hydrogen-bond donors (Lipinski definition) is 3. The topological polar surface area (TPSA) is 84.2 Å². The van der Waals surface area contributed by atoms with Crippen LogP contribution in [-0.4, -0.2) is 27.0 Å². The van der Waals surface area contributed by atoms with Crippen LogP contribution < -0.4 is 15.2 Å². The zero-order valence-corrected chi connectivity index (χ0v) is 9.95. The Morgan fingerprint density at radius 3 is 2.29 bits per heavy atom. The molecule has 14 heavy (non-hydrogen) atoms. The van der Waals surface area contributed by atoms with E-state index in [2.05, 4.69) is 9.44 Å². The molecule has 0 heterocycles. The van der Waals surface area contributed by atoms with Crippen molar-refractivity contribution in [3.8, 4) is 0 Å². The standard InChI is InChI=1S/C8H21N3O2S/c1-4-6-10-14(12,13)11-8(3,5-2)7-9/h10-11H,4-7,9H2,1-3H3. The Kier molecular flexibility index (Phi) is 5.58. The highest BCUT2D eigenvalue weighted by Gasteiger charge is 2.25. The summed E-state index contributed by atoms with van der Waals surface area (Å²) < 4.78 is 27.9. The van der Waals surface area contributed by atoms with E-state index in [1.807, 2.05) is 13.8 Å². The fraction of sp³-hybridized carbons (Fsp3) is 1.00. The maximum atomic E-state index is 11.4. The van der Waals surface area contributed by atoms with E-state index in [1.54, 1.807) is 6.92 Å². The monoisotopic (exact) mass is 223 g/mol. The van der Waals surface area contributed by atoms with Gasteiger partial charge in [-0.3, -0.25) is 0 Å². The number of hydrogen-bond acceptors (Lipinski definition) is 3. The van der Waals surface area contributed by atoms with Gasteiger partial charge in [-0.2, -0.15) is 13.1 Å². The molecule has 1 unspecified atom stereocenters. The highest BCUT2D eigenvalue weighted by atomic mass is 32.2. The normalized spacial score (nSPS) is 16.6. The Balaban J connectivity index is 4.33. The molecule has 0 aliphatic rings. The van der Waals surface area contributed by atoms with Crippen LogP contribution in [0.2, 0.25) is 0 Å². The number of rotatable bonds is 7. The number of nitrogens with two attached hydrogens (primary N) is 1. The van der Waals surface area contributed by atoms with E-state index in [0.29, 0.717) is 13.0 Å². The van der Waals surface area contributed by atoms with E-state index in [0.717, 1.165) is 6.42 Å². The molecule has 5 nitrogen and oxygen atoms in total. The first-order valence-corrected chi connectivity index (χ1v) is 6.36. The lowest BCUT2D eigenvalue weighted by Gasteiger charge is -2.27. The van der Waals surface area contributed by atoms with Gasteiger partial charge in [0.05, 0.1) is 0 Å². The molecule has 0 saturated heterocycles. The first-order valence-electron chi connectivity index (χ1n) is 4.87. The summed E-state index contributed by atoms with van der Waals surface area (Å²) in [5.41, 5.74) is 4.94. The van der Waals surface area contributed by atoms with Crippen LogP contribution in [0.15, 0.2) is 0 Å². The first kappa shape index (κ1) is 13.8. The van der Waals surface area contributed by atoms with E-state index in [9.17, 15) is 8.42 Å². The molecule has 4 N–H and O–H groups in total. The highest BCUT2D eigenvalue weighted by molar-refractivity contribution is 7.87. The average molecular weight is 223 g/mol. The van der Waals surface area contributed by atoms with E-state index in [1.165, 1.54) is 0 Å². The van der Waals surface area contributed by atoms with Gasteiger partial charge in [-0.05, 0) is 19.8 Å². The molecule has 0 spiro atoms. The predicted molar refractivity (Wildman–Crippen MR) is 58.1 cm³/mol. The molecule has 0 aromatic heterocycles. The first-order chi connectivity index (χ1) is 6.39. The van der Waals surface area contributed by atoms with Gasteiger partial charge < -0.3 is 5.73 Å². The van der Waals surface area contributed by atoms with Gasteiger partial charge in [0.2, 0.25) is 0 Å². The van der Waals surface area contributed by atoms with Gasteiger partial charge in [-0.25, -0.2) is 4.72 Å². The van der Waals surface area contributed by atoms with Crippen molar-refractivity contribution >= 4 is 10.2 Å². The SMILES string of the molecule is CCCNS(=O)(=O)NC(C)(CC)CN.